The van der Waals surface area contributed by atoms with E-state index in [2.05, 4.69) is 4.74 Å². The van der Waals surface area contributed by atoms with Crippen molar-refractivity contribution >= 4 is 23.0 Å². The van der Waals surface area contributed by atoms with E-state index in [4.69, 9.17) is 5.11 Å². The van der Waals surface area contributed by atoms with E-state index in [1.54, 1.807) is 48.5 Å². The minimum atomic E-state index is -1.08. The summed E-state index contributed by atoms with van der Waals surface area (Å²) in [5, 5.41) is 9.04. The van der Waals surface area contributed by atoms with Gasteiger partial charge in [-0.2, -0.15) is 0 Å². The maximum atomic E-state index is 12.6. The molecule has 0 aliphatic heterocycles. The highest BCUT2D eigenvalue weighted by Crippen LogP contribution is 2.15. The fourth-order valence-corrected chi connectivity index (χ4v) is 2.76. The number of hydrogen-bond donors (Lipinski definition) is 1. The largest absolute Gasteiger partial charge is 0.480 e. The Kier molecular flexibility index (Phi) is 4.38. The van der Waals surface area contributed by atoms with Gasteiger partial charge in [-0.15, -0.1) is 0 Å². The number of carbonyl (C=O) groups excluding carboxylic acids is 1. The summed E-state index contributed by atoms with van der Waals surface area (Å²) in [6, 6.07) is 13.8. The Bertz CT molecular complexity index is 998. The van der Waals surface area contributed by atoms with Gasteiger partial charge in [0.05, 0.1) is 30.3 Å². The zero-order valence-corrected chi connectivity index (χ0v) is 13.5. The predicted octanol–water partition coefficient (Wildman–Crippen LogP) is 1.72. The number of carboxylic acid groups (broad SMARTS) is 1. The molecule has 0 aliphatic rings. The standard InChI is InChI=1S/C18H16N2O5/c1-25-17(23)13-8-6-12(7-9-13)10-19-14-4-2-3-5-15(14)20(18(19)24)11-16(21)22/h2-9H,10-11H2,1H3,(H,21,22). The van der Waals surface area contributed by atoms with Crippen LogP contribution >= 0.6 is 0 Å². The van der Waals surface area contributed by atoms with Gasteiger partial charge in [0.25, 0.3) is 0 Å². The third kappa shape index (κ3) is 3.16. The second-order valence-corrected chi connectivity index (χ2v) is 5.53. The van der Waals surface area contributed by atoms with Crippen molar-refractivity contribution in [1.29, 1.82) is 0 Å². The van der Waals surface area contributed by atoms with Gasteiger partial charge in [0.15, 0.2) is 0 Å². The molecule has 3 rings (SSSR count). The average molecular weight is 340 g/mol. The third-order valence-electron chi connectivity index (χ3n) is 3.93. The van der Waals surface area contributed by atoms with Crippen molar-refractivity contribution in [2.45, 2.75) is 13.1 Å². The van der Waals surface area contributed by atoms with Crippen molar-refractivity contribution in [3.63, 3.8) is 0 Å². The van der Waals surface area contributed by atoms with E-state index in [0.29, 0.717) is 16.6 Å². The van der Waals surface area contributed by atoms with Gasteiger partial charge >= 0.3 is 17.6 Å². The molecule has 7 nitrogen and oxygen atoms in total. The first kappa shape index (κ1) is 16.5. The number of rotatable bonds is 5. The molecule has 7 heteroatoms. The topological polar surface area (TPSA) is 90.5 Å². The van der Waals surface area contributed by atoms with Crippen molar-refractivity contribution in [1.82, 2.24) is 9.13 Å². The van der Waals surface area contributed by atoms with Crippen molar-refractivity contribution in [2.24, 2.45) is 0 Å². The summed E-state index contributed by atoms with van der Waals surface area (Å²) < 4.78 is 7.41. The Morgan fingerprint density at radius 1 is 1.00 bits per heavy atom. The van der Waals surface area contributed by atoms with Crippen molar-refractivity contribution in [2.75, 3.05) is 7.11 Å². The molecule has 0 spiro atoms. The number of hydrogen-bond acceptors (Lipinski definition) is 4. The van der Waals surface area contributed by atoms with Crippen molar-refractivity contribution in [3.8, 4) is 0 Å². The zero-order chi connectivity index (χ0) is 18.0. The highest BCUT2D eigenvalue weighted by molar-refractivity contribution is 5.89. The molecule has 1 aromatic heterocycles. The number of imidazole rings is 1. The molecule has 0 atom stereocenters. The molecular weight excluding hydrogens is 324 g/mol. The molecule has 0 fully saturated rings. The molecule has 0 saturated carbocycles. The molecule has 0 radical (unpaired) electrons. The minimum absolute atomic E-state index is 0.271. The molecule has 0 unspecified atom stereocenters. The second-order valence-electron chi connectivity index (χ2n) is 5.53. The van der Waals surface area contributed by atoms with E-state index in [1.165, 1.54) is 16.2 Å². The van der Waals surface area contributed by atoms with Crippen LogP contribution in [0.2, 0.25) is 0 Å². The number of benzene rings is 2. The SMILES string of the molecule is COC(=O)c1ccc(Cn2c(=O)n(CC(=O)O)c3ccccc32)cc1. The highest BCUT2D eigenvalue weighted by atomic mass is 16.5. The van der Waals surface area contributed by atoms with E-state index >= 15 is 0 Å². The third-order valence-corrected chi connectivity index (χ3v) is 3.93. The maximum Gasteiger partial charge on any atom is 0.337 e. The lowest BCUT2D eigenvalue weighted by molar-refractivity contribution is -0.137. The average Bonchev–Trinajstić information content (AvgIpc) is 2.87. The molecular formula is C18H16N2O5. The van der Waals surface area contributed by atoms with Crippen molar-refractivity contribution < 1.29 is 19.4 Å². The van der Waals surface area contributed by atoms with Crippen LogP contribution < -0.4 is 5.69 Å². The van der Waals surface area contributed by atoms with Gasteiger partial charge in [0.2, 0.25) is 0 Å². The lowest BCUT2D eigenvalue weighted by atomic mass is 10.1. The Balaban J connectivity index is 2.01. The number of ether oxygens (including phenoxy) is 1. The molecule has 0 saturated heterocycles. The number of esters is 1. The van der Waals surface area contributed by atoms with Gasteiger partial charge in [-0.05, 0) is 29.8 Å². The number of aromatic nitrogens is 2. The number of para-hydroxylation sites is 2. The number of carbonyl (C=O) groups is 2. The first-order chi connectivity index (χ1) is 12.0. The Morgan fingerprint density at radius 3 is 2.16 bits per heavy atom. The lowest BCUT2D eigenvalue weighted by Crippen LogP contribution is -2.27. The van der Waals surface area contributed by atoms with Crippen LogP contribution in [0.25, 0.3) is 11.0 Å². The van der Waals surface area contributed by atoms with Crippen LogP contribution in [0.4, 0.5) is 0 Å². The van der Waals surface area contributed by atoms with Crippen LogP contribution in [0.3, 0.4) is 0 Å². The van der Waals surface area contributed by atoms with Gasteiger partial charge < -0.3 is 9.84 Å². The molecule has 25 heavy (non-hydrogen) atoms. The molecule has 2 aromatic carbocycles. The number of aliphatic carboxylic acids is 1. The molecule has 128 valence electrons. The smallest absolute Gasteiger partial charge is 0.337 e. The lowest BCUT2D eigenvalue weighted by Gasteiger charge is -2.05. The van der Waals surface area contributed by atoms with Crippen LogP contribution in [-0.2, 0) is 22.6 Å². The van der Waals surface area contributed by atoms with Crippen LogP contribution in [0.15, 0.2) is 53.3 Å². The second kappa shape index (κ2) is 6.64. The Labute approximate surface area is 142 Å². The van der Waals surface area contributed by atoms with E-state index in [1.807, 2.05) is 0 Å². The summed E-state index contributed by atoms with van der Waals surface area (Å²) in [6.45, 7) is -0.124. The molecule has 0 aliphatic carbocycles. The molecule has 0 amide bonds. The van der Waals surface area contributed by atoms with Crippen LogP contribution in [-0.4, -0.2) is 33.3 Å². The number of fused-ring (bicyclic) bond motifs is 1. The quantitative estimate of drug-likeness (QED) is 0.714. The summed E-state index contributed by atoms with van der Waals surface area (Å²) >= 11 is 0. The highest BCUT2D eigenvalue weighted by Gasteiger charge is 2.15. The molecule has 1 N–H and O–H groups in total. The van der Waals surface area contributed by atoms with Crippen LogP contribution in [0.5, 0.6) is 0 Å². The predicted molar refractivity (Wildman–Crippen MR) is 90.7 cm³/mol. The minimum Gasteiger partial charge on any atom is -0.480 e. The van der Waals surface area contributed by atoms with E-state index in [9.17, 15) is 14.4 Å². The first-order valence-corrected chi connectivity index (χ1v) is 7.58. The zero-order valence-electron chi connectivity index (χ0n) is 13.5. The van der Waals surface area contributed by atoms with Gasteiger partial charge in [-0.3, -0.25) is 13.9 Å². The summed E-state index contributed by atoms with van der Waals surface area (Å²) in [5.74, 6) is -1.51. The fourth-order valence-electron chi connectivity index (χ4n) is 2.76. The number of methoxy groups -OCH3 is 1. The number of nitrogens with zero attached hydrogens (tertiary/aromatic N) is 2. The van der Waals surface area contributed by atoms with E-state index in [0.717, 1.165) is 5.56 Å². The van der Waals surface area contributed by atoms with E-state index < -0.39 is 18.5 Å². The Hall–Kier alpha value is -3.35. The molecule has 3 aromatic rings. The van der Waals surface area contributed by atoms with Gasteiger partial charge in [0.1, 0.15) is 6.54 Å². The molecule has 0 bridgehead atoms. The Morgan fingerprint density at radius 2 is 1.60 bits per heavy atom. The first-order valence-electron chi connectivity index (χ1n) is 7.58. The van der Waals surface area contributed by atoms with Crippen LogP contribution in [0.1, 0.15) is 15.9 Å². The van der Waals surface area contributed by atoms with E-state index in [-0.39, 0.29) is 12.2 Å². The fraction of sp³-hybridized carbons (Fsp3) is 0.167. The maximum absolute atomic E-state index is 12.6. The summed E-state index contributed by atoms with van der Waals surface area (Å²) in [7, 11) is 1.31. The monoisotopic (exact) mass is 340 g/mol. The van der Waals surface area contributed by atoms with Gasteiger partial charge in [-0.1, -0.05) is 24.3 Å². The van der Waals surface area contributed by atoms with Gasteiger partial charge in [-0.25, -0.2) is 9.59 Å². The summed E-state index contributed by atoms with van der Waals surface area (Å²) in [5.41, 5.74) is 2.08. The van der Waals surface area contributed by atoms with Crippen molar-refractivity contribution in [3.05, 3.63) is 70.1 Å². The summed E-state index contributed by atoms with van der Waals surface area (Å²) in [4.78, 5) is 35.2. The molecule has 1 heterocycles. The van der Waals surface area contributed by atoms with Crippen LogP contribution in [0, 0.1) is 0 Å². The summed E-state index contributed by atoms with van der Waals surface area (Å²) in [6.07, 6.45) is 0. The normalized spacial score (nSPS) is 10.8. The van der Waals surface area contributed by atoms with Gasteiger partial charge in [0, 0.05) is 0 Å². The number of carboxylic acids is 1.